The minimum atomic E-state index is -1.34. The summed E-state index contributed by atoms with van der Waals surface area (Å²) in [5.41, 5.74) is -0.391. The van der Waals surface area contributed by atoms with Crippen LogP contribution in [0.3, 0.4) is 0 Å². The molecule has 2 N–H and O–H groups in total. The van der Waals surface area contributed by atoms with Crippen LogP contribution in [0.2, 0.25) is 0 Å². The van der Waals surface area contributed by atoms with E-state index in [9.17, 15) is 9.18 Å². The van der Waals surface area contributed by atoms with Gasteiger partial charge in [-0.15, -0.1) is 0 Å². The molecule has 5 heteroatoms. The number of phenols is 1. The zero-order chi connectivity index (χ0) is 10.0. The highest BCUT2D eigenvalue weighted by molar-refractivity contribution is 5.91. The van der Waals surface area contributed by atoms with Gasteiger partial charge in [0.2, 0.25) is 0 Å². The van der Waals surface area contributed by atoms with Gasteiger partial charge >= 0.3 is 5.97 Å². The number of benzene rings is 1. The van der Waals surface area contributed by atoms with Gasteiger partial charge in [-0.3, -0.25) is 0 Å². The second-order valence-electron chi connectivity index (χ2n) is 2.31. The Bertz CT molecular complexity index is 348. The average molecular weight is 186 g/mol. The average Bonchev–Trinajstić information content (AvgIpc) is 2.03. The number of ether oxygens (including phenoxy) is 1. The molecule has 0 saturated heterocycles. The molecule has 0 spiro atoms. The van der Waals surface area contributed by atoms with Crippen molar-refractivity contribution in [3.8, 4) is 11.5 Å². The fourth-order valence-electron chi connectivity index (χ4n) is 0.871. The fraction of sp³-hybridized carbons (Fsp3) is 0.125. The van der Waals surface area contributed by atoms with Crippen molar-refractivity contribution in [3.05, 3.63) is 23.5 Å². The summed E-state index contributed by atoms with van der Waals surface area (Å²) in [5, 5.41) is 17.5. The molecular weight excluding hydrogens is 179 g/mol. The Morgan fingerprint density at radius 3 is 2.62 bits per heavy atom. The van der Waals surface area contributed by atoms with Crippen molar-refractivity contribution in [1.82, 2.24) is 0 Å². The first-order valence-corrected chi connectivity index (χ1v) is 3.36. The summed E-state index contributed by atoms with van der Waals surface area (Å²) in [6.07, 6.45) is 0. The van der Waals surface area contributed by atoms with Gasteiger partial charge in [0.15, 0.2) is 11.6 Å². The summed E-state index contributed by atoms with van der Waals surface area (Å²) in [5.74, 6) is -2.97. The van der Waals surface area contributed by atoms with Gasteiger partial charge in [-0.25, -0.2) is 9.18 Å². The second kappa shape index (κ2) is 3.30. The highest BCUT2D eigenvalue weighted by Gasteiger charge is 2.14. The first-order valence-electron chi connectivity index (χ1n) is 3.36. The third-order valence-corrected chi connectivity index (χ3v) is 1.50. The summed E-state index contributed by atoms with van der Waals surface area (Å²) in [4.78, 5) is 10.5. The highest BCUT2D eigenvalue weighted by Crippen LogP contribution is 2.26. The van der Waals surface area contributed by atoms with Crippen LogP contribution in [0.15, 0.2) is 12.1 Å². The summed E-state index contributed by atoms with van der Waals surface area (Å²) in [7, 11) is 1.21. The van der Waals surface area contributed by atoms with Crippen LogP contribution in [0.5, 0.6) is 11.5 Å². The molecule has 0 aliphatic carbocycles. The largest absolute Gasteiger partial charge is 0.507 e. The van der Waals surface area contributed by atoms with Crippen molar-refractivity contribution in [1.29, 1.82) is 0 Å². The van der Waals surface area contributed by atoms with E-state index >= 15 is 0 Å². The van der Waals surface area contributed by atoms with Crippen molar-refractivity contribution in [3.63, 3.8) is 0 Å². The van der Waals surface area contributed by atoms with Crippen LogP contribution in [-0.4, -0.2) is 23.3 Å². The molecule has 70 valence electrons. The van der Waals surface area contributed by atoms with Crippen LogP contribution >= 0.6 is 0 Å². The van der Waals surface area contributed by atoms with Gasteiger partial charge < -0.3 is 14.9 Å². The van der Waals surface area contributed by atoms with Gasteiger partial charge in [0.1, 0.15) is 11.3 Å². The number of aromatic hydroxyl groups is 1. The maximum absolute atomic E-state index is 12.8. The lowest BCUT2D eigenvalue weighted by atomic mass is 10.2. The molecule has 4 nitrogen and oxygen atoms in total. The number of carbonyl (C=O) groups is 1. The zero-order valence-corrected chi connectivity index (χ0v) is 6.74. The minimum Gasteiger partial charge on any atom is -0.507 e. The molecule has 13 heavy (non-hydrogen) atoms. The standard InChI is InChI=1S/C8H7FO4/c1-13-7-2-4(8(11)12)6(10)3-5(7)9/h2-3,10H,1H3,(H,11,12). The number of rotatable bonds is 2. The molecule has 0 atom stereocenters. The molecule has 0 amide bonds. The van der Waals surface area contributed by atoms with E-state index in [1.807, 2.05) is 0 Å². The molecule has 0 unspecified atom stereocenters. The molecule has 0 heterocycles. The van der Waals surface area contributed by atoms with Gasteiger partial charge in [-0.2, -0.15) is 0 Å². The third kappa shape index (κ3) is 1.69. The molecule has 0 saturated carbocycles. The van der Waals surface area contributed by atoms with Crippen LogP contribution in [0.4, 0.5) is 4.39 Å². The number of hydrogen-bond donors (Lipinski definition) is 2. The Hall–Kier alpha value is -1.78. The lowest BCUT2D eigenvalue weighted by Gasteiger charge is -2.04. The Morgan fingerprint density at radius 2 is 2.15 bits per heavy atom. The van der Waals surface area contributed by atoms with E-state index in [2.05, 4.69) is 4.74 Å². The SMILES string of the molecule is COc1cc(C(=O)O)c(O)cc1F. The quantitative estimate of drug-likeness (QED) is 0.729. The Balaban J connectivity index is 3.30. The summed E-state index contributed by atoms with van der Waals surface area (Å²) in [6.45, 7) is 0. The van der Waals surface area contributed by atoms with Crippen molar-refractivity contribution >= 4 is 5.97 Å². The summed E-state index contributed by atoms with van der Waals surface area (Å²) < 4.78 is 17.4. The Morgan fingerprint density at radius 1 is 1.54 bits per heavy atom. The molecule has 1 rings (SSSR count). The third-order valence-electron chi connectivity index (χ3n) is 1.50. The normalized spacial score (nSPS) is 9.69. The van der Waals surface area contributed by atoms with Gasteiger partial charge in [0.25, 0.3) is 0 Å². The van der Waals surface area contributed by atoms with Gasteiger partial charge in [0.05, 0.1) is 7.11 Å². The van der Waals surface area contributed by atoms with E-state index in [0.29, 0.717) is 6.07 Å². The molecule has 0 aromatic heterocycles. The van der Waals surface area contributed by atoms with Gasteiger partial charge in [-0.05, 0) is 0 Å². The number of aromatic carboxylic acids is 1. The van der Waals surface area contributed by atoms with E-state index in [1.54, 1.807) is 0 Å². The van der Waals surface area contributed by atoms with Crippen LogP contribution in [0, 0.1) is 5.82 Å². The summed E-state index contributed by atoms with van der Waals surface area (Å²) >= 11 is 0. The first kappa shape index (κ1) is 9.31. The van der Waals surface area contributed by atoms with Crippen molar-refractivity contribution in [2.75, 3.05) is 7.11 Å². The van der Waals surface area contributed by atoms with Crippen LogP contribution < -0.4 is 4.74 Å². The van der Waals surface area contributed by atoms with E-state index in [-0.39, 0.29) is 5.75 Å². The van der Waals surface area contributed by atoms with Crippen molar-refractivity contribution in [2.45, 2.75) is 0 Å². The number of hydrogen-bond acceptors (Lipinski definition) is 3. The van der Waals surface area contributed by atoms with E-state index in [4.69, 9.17) is 10.2 Å². The molecule has 1 aromatic rings. The molecule has 0 aliphatic heterocycles. The molecule has 0 aliphatic rings. The predicted octanol–water partition coefficient (Wildman–Crippen LogP) is 1.24. The van der Waals surface area contributed by atoms with E-state index in [0.717, 1.165) is 6.07 Å². The lowest BCUT2D eigenvalue weighted by molar-refractivity contribution is 0.0693. The number of carboxylic acids is 1. The molecule has 0 fully saturated rings. The molecule has 0 radical (unpaired) electrons. The van der Waals surface area contributed by atoms with Gasteiger partial charge in [0, 0.05) is 12.1 Å². The van der Waals surface area contributed by atoms with Crippen molar-refractivity contribution < 1.29 is 24.1 Å². The number of methoxy groups -OCH3 is 1. The second-order valence-corrected chi connectivity index (χ2v) is 2.31. The maximum atomic E-state index is 12.8. The highest BCUT2D eigenvalue weighted by atomic mass is 19.1. The topological polar surface area (TPSA) is 66.8 Å². The predicted molar refractivity (Wildman–Crippen MR) is 41.6 cm³/mol. The maximum Gasteiger partial charge on any atom is 0.339 e. The molecule has 0 bridgehead atoms. The Kier molecular flexibility index (Phi) is 2.36. The number of halogens is 1. The van der Waals surface area contributed by atoms with Gasteiger partial charge in [-0.1, -0.05) is 0 Å². The lowest BCUT2D eigenvalue weighted by Crippen LogP contribution is -1.99. The molecular formula is C8H7FO4. The monoisotopic (exact) mass is 186 g/mol. The van der Waals surface area contributed by atoms with Crippen LogP contribution in [0.25, 0.3) is 0 Å². The van der Waals surface area contributed by atoms with E-state index in [1.165, 1.54) is 7.11 Å². The smallest absolute Gasteiger partial charge is 0.339 e. The number of carboxylic acid groups (broad SMARTS) is 1. The van der Waals surface area contributed by atoms with Crippen LogP contribution in [-0.2, 0) is 0 Å². The van der Waals surface area contributed by atoms with Crippen LogP contribution in [0.1, 0.15) is 10.4 Å². The zero-order valence-electron chi connectivity index (χ0n) is 6.74. The molecule has 1 aromatic carbocycles. The fourth-order valence-corrected chi connectivity index (χ4v) is 0.871. The first-order chi connectivity index (χ1) is 6.06. The minimum absolute atomic E-state index is 0.213. The summed E-state index contributed by atoms with van der Waals surface area (Å²) in [6, 6.07) is 1.62. The van der Waals surface area contributed by atoms with E-state index < -0.39 is 23.1 Å². The Labute approximate surface area is 73.2 Å². The van der Waals surface area contributed by atoms with Crippen molar-refractivity contribution in [2.24, 2.45) is 0 Å².